The van der Waals surface area contributed by atoms with Gasteiger partial charge in [0.1, 0.15) is 10.7 Å². The van der Waals surface area contributed by atoms with E-state index in [0.29, 0.717) is 12.3 Å². The number of alkyl halides is 3. The Morgan fingerprint density at radius 3 is 2.57 bits per heavy atom. The molecular formula is C11H16BrF3N2O3S. The molecule has 0 fully saturated rings. The summed E-state index contributed by atoms with van der Waals surface area (Å²) in [5.74, 6) is 0.381. The van der Waals surface area contributed by atoms with Gasteiger partial charge in [-0.05, 0) is 28.9 Å². The summed E-state index contributed by atoms with van der Waals surface area (Å²) in [6.07, 6.45) is -4.73. The maximum atomic E-state index is 12.0. The first-order valence-corrected chi connectivity index (χ1v) is 8.48. The molecule has 0 saturated carbocycles. The topological polar surface area (TPSA) is 71.3 Å². The maximum absolute atomic E-state index is 12.0. The summed E-state index contributed by atoms with van der Waals surface area (Å²) < 4.78 is 66.9. The van der Waals surface area contributed by atoms with E-state index in [9.17, 15) is 21.6 Å². The van der Waals surface area contributed by atoms with Crippen molar-refractivity contribution in [2.24, 2.45) is 0 Å². The normalized spacial score (nSPS) is 12.8. The van der Waals surface area contributed by atoms with E-state index in [0.717, 1.165) is 13.0 Å². The average molecular weight is 393 g/mol. The summed E-state index contributed by atoms with van der Waals surface area (Å²) in [6, 6.07) is 1.28. The molecule has 0 radical (unpaired) electrons. The Morgan fingerprint density at radius 1 is 1.33 bits per heavy atom. The number of hydrogen-bond donors (Lipinski definition) is 2. The first-order chi connectivity index (χ1) is 9.65. The van der Waals surface area contributed by atoms with Crippen LogP contribution in [-0.2, 0) is 16.6 Å². The largest absolute Gasteiger partial charge is 0.452 e. The Balaban J connectivity index is 2.70. The van der Waals surface area contributed by atoms with Gasteiger partial charge in [-0.1, -0.05) is 6.92 Å². The lowest BCUT2D eigenvalue weighted by Gasteiger charge is -2.07. The number of rotatable bonds is 8. The number of halogens is 4. The predicted octanol–water partition coefficient (Wildman–Crippen LogP) is 2.77. The van der Waals surface area contributed by atoms with Crippen LogP contribution in [0, 0.1) is 0 Å². The van der Waals surface area contributed by atoms with Gasteiger partial charge in [0.05, 0.1) is 13.0 Å². The SMILES string of the molecule is CCCNCc1cc(S(=O)(=O)NCCC(F)(F)F)c(Br)o1. The Hall–Kier alpha value is -0.580. The van der Waals surface area contributed by atoms with Crippen LogP contribution < -0.4 is 10.0 Å². The molecule has 1 rings (SSSR count). The van der Waals surface area contributed by atoms with E-state index >= 15 is 0 Å². The first kappa shape index (κ1) is 18.5. The highest BCUT2D eigenvalue weighted by molar-refractivity contribution is 9.10. The van der Waals surface area contributed by atoms with Gasteiger partial charge in [0.2, 0.25) is 10.0 Å². The van der Waals surface area contributed by atoms with E-state index in [2.05, 4.69) is 21.2 Å². The van der Waals surface area contributed by atoms with Crippen LogP contribution in [0.4, 0.5) is 13.2 Å². The summed E-state index contributed by atoms with van der Waals surface area (Å²) in [7, 11) is -4.04. The van der Waals surface area contributed by atoms with E-state index in [4.69, 9.17) is 4.42 Å². The van der Waals surface area contributed by atoms with Crippen molar-refractivity contribution in [1.82, 2.24) is 10.0 Å². The van der Waals surface area contributed by atoms with Crippen LogP contribution in [0.3, 0.4) is 0 Å². The van der Waals surface area contributed by atoms with Gasteiger partial charge in [-0.3, -0.25) is 0 Å². The van der Waals surface area contributed by atoms with Gasteiger partial charge in [0.25, 0.3) is 0 Å². The lowest BCUT2D eigenvalue weighted by molar-refractivity contribution is -0.132. The van der Waals surface area contributed by atoms with E-state index in [1.165, 1.54) is 6.07 Å². The van der Waals surface area contributed by atoms with Gasteiger partial charge in [0, 0.05) is 12.6 Å². The standard InChI is InChI=1S/C11H16BrF3N2O3S/c1-2-4-16-7-8-6-9(10(12)20-8)21(18,19)17-5-3-11(13,14)15/h6,16-17H,2-5,7H2,1H3. The van der Waals surface area contributed by atoms with E-state index < -0.39 is 29.2 Å². The van der Waals surface area contributed by atoms with Gasteiger partial charge < -0.3 is 9.73 Å². The lowest BCUT2D eigenvalue weighted by atomic mass is 10.4. The van der Waals surface area contributed by atoms with Crippen LogP contribution in [-0.4, -0.2) is 27.7 Å². The lowest BCUT2D eigenvalue weighted by Crippen LogP contribution is -2.28. The molecule has 0 spiro atoms. The van der Waals surface area contributed by atoms with Crippen molar-refractivity contribution in [2.45, 2.75) is 37.4 Å². The van der Waals surface area contributed by atoms with Crippen molar-refractivity contribution in [2.75, 3.05) is 13.1 Å². The molecule has 1 aromatic rings. The van der Waals surface area contributed by atoms with Crippen molar-refractivity contribution in [3.8, 4) is 0 Å². The summed E-state index contributed by atoms with van der Waals surface area (Å²) in [5, 5.41) is 3.03. The number of nitrogens with one attached hydrogen (secondary N) is 2. The van der Waals surface area contributed by atoms with Crippen molar-refractivity contribution in [3.63, 3.8) is 0 Å². The Labute approximate surface area is 129 Å². The molecular weight excluding hydrogens is 377 g/mol. The van der Waals surface area contributed by atoms with Gasteiger partial charge in [-0.15, -0.1) is 0 Å². The summed E-state index contributed by atoms with van der Waals surface area (Å²) in [6.45, 7) is 2.34. The zero-order valence-electron chi connectivity index (χ0n) is 11.3. The highest BCUT2D eigenvalue weighted by Gasteiger charge is 2.28. The molecule has 21 heavy (non-hydrogen) atoms. The molecule has 5 nitrogen and oxygen atoms in total. The second kappa shape index (κ2) is 7.61. The molecule has 122 valence electrons. The minimum absolute atomic E-state index is 0.0321. The molecule has 0 atom stereocenters. The van der Waals surface area contributed by atoms with Crippen LogP contribution in [0.5, 0.6) is 0 Å². The average Bonchev–Trinajstić information content (AvgIpc) is 2.69. The zero-order valence-corrected chi connectivity index (χ0v) is 13.7. The summed E-state index contributed by atoms with van der Waals surface area (Å²) >= 11 is 2.96. The van der Waals surface area contributed by atoms with Crippen molar-refractivity contribution in [3.05, 3.63) is 16.5 Å². The van der Waals surface area contributed by atoms with Gasteiger partial charge in [-0.25, -0.2) is 13.1 Å². The molecule has 0 unspecified atom stereocenters. The van der Waals surface area contributed by atoms with Crippen LogP contribution in [0.15, 0.2) is 20.0 Å². The molecule has 0 aliphatic carbocycles. The first-order valence-electron chi connectivity index (χ1n) is 6.21. The molecule has 0 aliphatic heterocycles. The molecule has 0 saturated heterocycles. The Morgan fingerprint density at radius 2 is 2.00 bits per heavy atom. The molecule has 10 heteroatoms. The van der Waals surface area contributed by atoms with Crippen LogP contribution in [0.1, 0.15) is 25.5 Å². The molecule has 0 aromatic carbocycles. The van der Waals surface area contributed by atoms with Crippen LogP contribution >= 0.6 is 15.9 Å². The quantitative estimate of drug-likeness (QED) is 0.667. The van der Waals surface area contributed by atoms with E-state index in [1.54, 1.807) is 0 Å². The van der Waals surface area contributed by atoms with Crippen molar-refractivity contribution in [1.29, 1.82) is 0 Å². The number of sulfonamides is 1. The van der Waals surface area contributed by atoms with Crippen LogP contribution in [0.2, 0.25) is 0 Å². The van der Waals surface area contributed by atoms with Gasteiger partial charge >= 0.3 is 6.18 Å². The molecule has 0 bridgehead atoms. The van der Waals surface area contributed by atoms with Gasteiger partial charge in [-0.2, -0.15) is 13.2 Å². The molecule has 1 heterocycles. The van der Waals surface area contributed by atoms with Crippen molar-refractivity contribution >= 4 is 26.0 Å². The van der Waals surface area contributed by atoms with E-state index in [-0.39, 0.29) is 9.56 Å². The third-order valence-corrected chi connectivity index (χ3v) is 4.74. The third kappa shape index (κ3) is 6.37. The molecule has 1 aromatic heterocycles. The fraction of sp³-hybridized carbons (Fsp3) is 0.636. The summed E-state index contributed by atoms with van der Waals surface area (Å²) in [4.78, 5) is -0.210. The Bertz CT molecular complexity index is 558. The van der Waals surface area contributed by atoms with Gasteiger partial charge in [0.15, 0.2) is 4.67 Å². The van der Waals surface area contributed by atoms with Crippen LogP contribution in [0.25, 0.3) is 0 Å². The fourth-order valence-corrected chi connectivity index (χ4v) is 3.49. The Kier molecular flexibility index (Phi) is 6.70. The second-order valence-corrected chi connectivity index (χ2v) is 6.75. The molecule has 2 N–H and O–H groups in total. The zero-order chi connectivity index (χ0) is 16.1. The minimum atomic E-state index is -4.41. The number of hydrogen-bond acceptors (Lipinski definition) is 4. The smallest absolute Gasteiger partial charge is 0.390 e. The second-order valence-electron chi connectivity index (χ2n) is 4.29. The summed E-state index contributed by atoms with van der Waals surface area (Å²) in [5.41, 5.74) is 0. The maximum Gasteiger partial charge on any atom is 0.390 e. The highest BCUT2D eigenvalue weighted by atomic mass is 79.9. The van der Waals surface area contributed by atoms with Crippen molar-refractivity contribution < 1.29 is 26.0 Å². The fourth-order valence-electron chi connectivity index (χ4n) is 1.46. The van der Waals surface area contributed by atoms with E-state index in [1.807, 2.05) is 11.6 Å². The highest BCUT2D eigenvalue weighted by Crippen LogP contribution is 2.26. The minimum Gasteiger partial charge on any atom is -0.452 e. The number of furan rings is 1. The molecule has 0 aliphatic rings. The monoisotopic (exact) mass is 392 g/mol. The third-order valence-electron chi connectivity index (χ3n) is 2.42. The molecule has 0 amide bonds. The predicted molar refractivity (Wildman–Crippen MR) is 74.3 cm³/mol.